The van der Waals surface area contributed by atoms with Gasteiger partial charge in [-0.1, -0.05) is 0 Å². The highest BCUT2D eigenvalue weighted by molar-refractivity contribution is 5.03. The molecule has 0 amide bonds. The molecule has 0 spiro atoms. The van der Waals surface area contributed by atoms with Gasteiger partial charge in [-0.25, -0.2) is 0 Å². The molecule has 3 unspecified atom stereocenters. The Kier molecular flexibility index (Phi) is 5.18. The van der Waals surface area contributed by atoms with Crippen molar-refractivity contribution in [2.45, 2.75) is 50.8 Å². The van der Waals surface area contributed by atoms with Crippen LogP contribution < -0.4 is 11.1 Å². The minimum Gasteiger partial charge on any atom is -0.393 e. The first-order valence-electron chi connectivity index (χ1n) is 6.19. The van der Waals surface area contributed by atoms with Gasteiger partial charge in [-0.3, -0.25) is 0 Å². The van der Waals surface area contributed by atoms with E-state index in [1.165, 1.54) is 12.8 Å². The van der Waals surface area contributed by atoms with E-state index in [1.54, 1.807) is 7.11 Å². The summed E-state index contributed by atoms with van der Waals surface area (Å²) in [5, 5.41) is 12.9. The zero-order valence-electron chi connectivity index (χ0n) is 10.7. The summed E-state index contributed by atoms with van der Waals surface area (Å²) in [5.74, 6) is 0.633. The Morgan fingerprint density at radius 3 is 2.50 bits per heavy atom. The van der Waals surface area contributed by atoms with Crippen LogP contribution in [0.4, 0.5) is 0 Å². The molecule has 0 aromatic rings. The molecule has 1 saturated carbocycles. The Morgan fingerprint density at radius 1 is 1.50 bits per heavy atom. The molecule has 4 heteroatoms. The predicted molar refractivity (Wildman–Crippen MR) is 65.3 cm³/mol. The number of ether oxygens (including phenoxy) is 1. The Morgan fingerprint density at radius 2 is 2.12 bits per heavy atom. The second-order valence-corrected chi connectivity index (χ2v) is 5.20. The van der Waals surface area contributed by atoms with Gasteiger partial charge < -0.3 is 20.9 Å². The van der Waals surface area contributed by atoms with Crippen molar-refractivity contribution < 1.29 is 9.84 Å². The molecule has 1 aliphatic rings. The van der Waals surface area contributed by atoms with Gasteiger partial charge in [0, 0.05) is 19.7 Å². The predicted octanol–water partition coefficient (Wildman–Crippen LogP) is 0.489. The van der Waals surface area contributed by atoms with Crippen LogP contribution in [-0.4, -0.2) is 43.1 Å². The molecule has 1 rings (SSSR count). The Balaban J connectivity index is 2.54. The van der Waals surface area contributed by atoms with Crippen LogP contribution in [0.15, 0.2) is 0 Å². The fourth-order valence-electron chi connectivity index (χ4n) is 2.52. The number of methoxy groups -OCH3 is 1. The van der Waals surface area contributed by atoms with Crippen LogP contribution >= 0.6 is 0 Å². The van der Waals surface area contributed by atoms with Crippen LogP contribution in [0.3, 0.4) is 0 Å². The smallest absolute Gasteiger partial charge is 0.0659 e. The third-order valence-corrected chi connectivity index (χ3v) is 3.35. The highest BCUT2D eigenvalue weighted by Gasteiger charge is 2.44. The fraction of sp³-hybridized carbons (Fsp3) is 1.00. The topological polar surface area (TPSA) is 67.5 Å². The van der Waals surface area contributed by atoms with Crippen LogP contribution in [-0.2, 0) is 4.74 Å². The summed E-state index contributed by atoms with van der Waals surface area (Å²) in [6.45, 7) is 5.15. The van der Waals surface area contributed by atoms with Gasteiger partial charge in [0.25, 0.3) is 0 Å². The van der Waals surface area contributed by atoms with Gasteiger partial charge >= 0.3 is 0 Å². The first-order chi connectivity index (χ1) is 7.54. The van der Waals surface area contributed by atoms with E-state index >= 15 is 0 Å². The second kappa shape index (κ2) is 5.96. The van der Waals surface area contributed by atoms with E-state index in [2.05, 4.69) is 12.2 Å². The largest absolute Gasteiger partial charge is 0.393 e. The lowest BCUT2D eigenvalue weighted by Crippen LogP contribution is -2.59. The molecule has 4 nitrogen and oxygen atoms in total. The Hall–Kier alpha value is -0.160. The van der Waals surface area contributed by atoms with E-state index in [0.717, 1.165) is 6.42 Å². The van der Waals surface area contributed by atoms with E-state index in [-0.39, 0.29) is 17.7 Å². The zero-order chi connectivity index (χ0) is 12.2. The van der Waals surface area contributed by atoms with Gasteiger partial charge in [0.05, 0.1) is 18.2 Å². The molecule has 3 atom stereocenters. The summed E-state index contributed by atoms with van der Waals surface area (Å²) in [5.41, 5.74) is 5.81. The number of nitrogens with one attached hydrogen (secondary N) is 1. The molecular weight excluding hydrogens is 204 g/mol. The number of aliphatic hydroxyl groups excluding tert-OH is 1. The molecule has 0 bridgehead atoms. The average molecular weight is 230 g/mol. The Bertz CT molecular complexity index is 207. The van der Waals surface area contributed by atoms with Crippen LogP contribution in [0.25, 0.3) is 0 Å². The molecule has 0 heterocycles. The number of aliphatic hydroxyl groups is 1. The van der Waals surface area contributed by atoms with Crippen molar-refractivity contribution in [2.75, 3.05) is 20.3 Å². The quantitative estimate of drug-likeness (QED) is 0.568. The SMILES string of the molecule is COCC(CN)(NC(C)CC(C)O)C1CC1. The zero-order valence-corrected chi connectivity index (χ0v) is 10.7. The summed E-state index contributed by atoms with van der Waals surface area (Å²) in [6, 6.07) is 0.263. The van der Waals surface area contributed by atoms with Crippen LogP contribution in [0.2, 0.25) is 0 Å². The first-order valence-corrected chi connectivity index (χ1v) is 6.19. The monoisotopic (exact) mass is 230 g/mol. The molecule has 16 heavy (non-hydrogen) atoms. The normalized spacial score (nSPS) is 23.8. The van der Waals surface area contributed by atoms with Gasteiger partial charge in [-0.05, 0) is 39.0 Å². The number of nitrogens with two attached hydrogens (primary N) is 1. The average Bonchev–Trinajstić information content (AvgIpc) is 2.98. The summed E-state index contributed by atoms with van der Waals surface area (Å²) >= 11 is 0. The highest BCUT2D eigenvalue weighted by atomic mass is 16.5. The van der Waals surface area contributed by atoms with E-state index < -0.39 is 0 Å². The molecule has 0 aliphatic heterocycles. The maximum atomic E-state index is 9.37. The van der Waals surface area contributed by atoms with Gasteiger partial charge in [-0.2, -0.15) is 0 Å². The molecule has 4 N–H and O–H groups in total. The maximum Gasteiger partial charge on any atom is 0.0659 e. The summed E-state index contributed by atoms with van der Waals surface area (Å²) in [7, 11) is 1.72. The number of hydrogen-bond acceptors (Lipinski definition) is 4. The summed E-state index contributed by atoms with van der Waals surface area (Å²) in [4.78, 5) is 0. The van der Waals surface area contributed by atoms with Crippen molar-refractivity contribution >= 4 is 0 Å². The lowest BCUT2D eigenvalue weighted by Gasteiger charge is -2.36. The van der Waals surface area contributed by atoms with E-state index in [9.17, 15) is 5.11 Å². The molecule has 0 saturated heterocycles. The van der Waals surface area contributed by atoms with Crippen LogP contribution in [0.1, 0.15) is 33.1 Å². The second-order valence-electron chi connectivity index (χ2n) is 5.20. The van der Waals surface area contributed by atoms with Gasteiger partial charge in [0.15, 0.2) is 0 Å². The van der Waals surface area contributed by atoms with E-state index in [1.807, 2.05) is 6.92 Å². The van der Waals surface area contributed by atoms with Crippen molar-refractivity contribution in [3.63, 3.8) is 0 Å². The van der Waals surface area contributed by atoms with Crippen molar-refractivity contribution in [1.82, 2.24) is 5.32 Å². The van der Waals surface area contributed by atoms with Crippen molar-refractivity contribution in [3.8, 4) is 0 Å². The maximum absolute atomic E-state index is 9.37. The molecule has 0 aromatic heterocycles. The lowest BCUT2D eigenvalue weighted by molar-refractivity contribution is 0.0822. The summed E-state index contributed by atoms with van der Waals surface area (Å²) in [6.07, 6.45) is 2.93. The highest BCUT2D eigenvalue weighted by Crippen LogP contribution is 2.39. The van der Waals surface area contributed by atoms with Crippen LogP contribution in [0.5, 0.6) is 0 Å². The number of rotatable bonds is 8. The van der Waals surface area contributed by atoms with E-state index in [4.69, 9.17) is 10.5 Å². The third-order valence-electron chi connectivity index (χ3n) is 3.35. The lowest BCUT2D eigenvalue weighted by atomic mass is 9.92. The summed E-state index contributed by atoms with van der Waals surface area (Å²) < 4.78 is 5.30. The third kappa shape index (κ3) is 3.70. The first kappa shape index (κ1) is 13.9. The number of hydrogen-bond donors (Lipinski definition) is 3. The minimum atomic E-state index is -0.278. The van der Waals surface area contributed by atoms with E-state index in [0.29, 0.717) is 19.1 Å². The fourth-order valence-corrected chi connectivity index (χ4v) is 2.52. The minimum absolute atomic E-state index is 0.0942. The molecular formula is C12H26N2O2. The van der Waals surface area contributed by atoms with Crippen LogP contribution in [0, 0.1) is 5.92 Å². The molecule has 96 valence electrons. The van der Waals surface area contributed by atoms with Gasteiger partial charge in [0.2, 0.25) is 0 Å². The molecule has 1 fully saturated rings. The molecule has 1 aliphatic carbocycles. The molecule has 0 radical (unpaired) electrons. The van der Waals surface area contributed by atoms with Crippen molar-refractivity contribution in [1.29, 1.82) is 0 Å². The Labute approximate surface area is 98.5 Å². The van der Waals surface area contributed by atoms with Gasteiger partial charge in [-0.15, -0.1) is 0 Å². The van der Waals surface area contributed by atoms with Crippen molar-refractivity contribution in [2.24, 2.45) is 11.7 Å². The van der Waals surface area contributed by atoms with Gasteiger partial charge in [0.1, 0.15) is 0 Å². The molecule has 0 aromatic carbocycles. The standard InChI is InChI=1S/C12H26N2O2/c1-9(6-10(2)15)14-12(7-13,8-16-3)11-4-5-11/h9-11,14-15H,4-8,13H2,1-3H3. The van der Waals surface area contributed by atoms with Crippen molar-refractivity contribution in [3.05, 3.63) is 0 Å².